The Balaban J connectivity index is 1.75. The Morgan fingerprint density at radius 3 is 2.58 bits per heavy atom. The first-order valence-electron chi connectivity index (χ1n) is 7.94. The molecule has 24 heavy (non-hydrogen) atoms. The van der Waals surface area contributed by atoms with Gasteiger partial charge in [0.15, 0.2) is 0 Å². The number of aryl methyl sites for hydroxylation is 1. The van der Waals surface area contributed by atoms with E-state index in [0.717, 1.165) is 18.4 Å². The molecule has 2 aromatic carbocycles. The van der Waals surface area contributed by atoms with Crippen LogP contribution in [0.2, 0.25) is 0 Å². The van der Waals surface area contributed by atoms with Gasteiger partial charge in [0.1, 0.15) is 5.75 Å². The topological polar surface area (TPSA) is 67.4 Å². The van der Waals surface area contributed by atoms with Gasteiger partial charge in [-0.15, -0.1) is 0 Å². The van der Waals surface area contributed by atoms with Crippen molar-refractivity contribution in [1.29, 1.82) is 0 Å². The molecule has 2 N–H and O–H groups in total. The minimum absolute atomic E-state index is 0.0212. The van der Waals surface area contributed by atoms with Crippen LogP contribution in [0.15, 0.2) is 42.5 Å². The molecule has 0 aromatic heterocycles. The number of hydrogen-bond donors (Lipinski definition) is 2. The van der Waals surface area contributed by atoms with Crippen molar-refractivity contribution in [3.8, 4) is 5.75 Å². The third kappa shape index (κ3) is 3.74. The Hall–Kier alpha value is -2.82. The number of anilines is 2. The van der Waals surface area contributed by atoms with Gasteiger partial charge in [-0.1, -0.05) is 12.1 Å². The summed E-state index contributed by atoms with van der Waals surface area (Å²) in [5.41, 5.74) is 2.76. The van der Waals surface area contributed by atoms with Crippen LogP contribution >= 0.6 is 0 Å². The number of benzene rings is 2. The molecule has 0 aliphatic heterocycles. The molecule has 0 bridgehead atoms. The molecule has 1 aliphatic rings. The first-order valence-corrected chi connectivity index (χ1v) is 7.94. The molecule has 2 aromatic rings. The predicted molar refractivity (Wildman–Crippen MR) is 93.5 cm³/mol. The molecule has 1 aliphatic carbocycles. The predicted octanol–water partition coefficient (Wildman–Crippen LogP) is 3.60. The minimum Gasteiger partial charge on any atom is -0.495 e. The number of methoxy groups -OCH3 is 1. The van der Waals surface area contributed by atoms with Crippen LogP contribution in [0.5, 0.6) is 5.75 Å². The van der Waals surface area contributed by atoms with Gasteiger partial charge in [-0.2, -0.15) is 0 Å². The maximum absolute atomic E-state index is 12.5. The Morgan fingerprint density at radius 1 is 1.08 bits per heavy atom. The fourth-order valence-corrected chi connectivity index (χ4v) is 2.44. The molecule has 5 heteroatoms. The SMILES string of the molecule is COc1ccc(C)cc1NC(=O)c1cccc(NC(=O)C2CC2)c1. The first kappa shape index (κ1) is 16.1. The Morgan fingerprint density at radius 2 is 1.88 bits per heavy atom. The first-order chi connectivity index (χ1) is 11.6. The number of rotatable bonds is 5. The van der Waals surface area contributed by atoms with Gasteiger partial charge >= 0.3 is 0 Å². The molecule has 0 unspecified atom stereocenters. The molecule has 0 spiro atoms. The lowest BCUT2D eigenvalue weighted by Gasteiger charge is -2.12. The Kier molecular flexibility index (Phi) is 4.51. The van der Waals surface area contributed by atoms with E-state index < -0.39 is 0 Å². The summed E-state index contributed by atoms with van der Waals surface area (Å²) in [5, 5.41) is 5.71. The van der Waals surface area contributed by atoms with Gasteiger partial charge in [-0.05, 0) is 55.7 Å². The zero-order valence-electron chi connectivity index (χ0n) is 13.8. The molecular weight excluding hydrogens is 304 g/mol. The second-order valence-corrected chi connectivity index (χ2v) is 6.00. The smallest absolute Gasteiger partial charge is 0.255 e. The van der Waals surface area contributed by atoms with Gasteiger partial charge < -0.3 is 15.4 Å². The van der Waals surface area contributed by atoms with Crippen molar-refractivity contribution >= 4 is 23.2 Å². The molecule has 5 nitrogen and oxygen atoms in total. The summed E-state index contributed by atoms with van der Waals surface area (Å²) in [6.07, 6.45) is 1.89. The van der Waals surface area contributed by atoms with Crippen LogP contribution in [-0.4, -0.2) is 18.9 Å². The van der Waals surface area contributed by atoms with Crippen molar-refractivity contribution in [3.05, 3.63) is 53.6 Å². The van der Waals surface area contributed by atoms with E-state index in [1.165, 1.54) is 0 Å². The fraction of sp³-hybridized carbons (Fsp3) is 0.263. The normalized spacial score (nSPS) is 13.2. The van der Waals surface area contributed by atoms with E-state index in [1.54, 1.807) is 31.4 Å². The van der Waals surface area contributed by atoms with Crippen LogP contribution in [-0.2, 0) is 4.79 Å². The van der Waals surface area contributed by atoms with E-state index in [4.69, 9.17) is 4.74 Å². The molecular formula is C19H20N2O3. The van der Waals surface area contributed by atoms with Gasteiger partial charge in [0, 0.05) is 17.2 Å². The lowest BCUT2D eigenvalue weighted by molar-refractivity contribution is -0.117. The van der Waals surface area contributed by atoms with Gasteiger partial charge in [-0.3, -0.25) is 9.59 Å². The van der Waals surface area contributed by atoms with Gasteiger partial charge in [0.2, 0.25) is 5.91 Å². The maximum Gasteiger partial charge on any atom is 0.255 e. The highest BCUT2D eigenvalue weighted by atomic mass is 16.5. The molecule has 0 radical (unpaired) electrons. The highest BCUT2D eigenvalue weighted by Gasteiger charge is 2.29. The van der Waals surface area contributed by atoms with Gasteiger partial charge in [0.25, 0.3) is 5.91 Å². The third-order valence-electron chi connectivity index (χ3n) is 3.94. The average Bonchev–Trinajstić information content (AvgIpc) is 3.40. The molecule has 1 saturated carbocycles. The summed E-state index contributed by atoms with van der Waals surface area (Å²) in [5.74, 6) is 0.500. The number of hydrogen-bond acceptors (Lipinski definition) is 3. The molecule has 124 valence electrons. The fourth-order valence-electron chi connectivity index (χ4n) is 2.44. The largest absolute Gasteiger partial charge is 0.495 e. The summed E-state index contributed by atoms with van der Waals surface area (Å²) in [6.45, 7) is 1.95. The number of ether oxygens (including phenoxy) is 1. The van der Waals surface area contributed by atoms with Crippen molar-refractivity contribution in [1.82, 2.24) is 0 Å². The summed E-state index contributed by atoms with van der Waals surface area (Å²) in [4.78, 5) is 24.3. The summed E-state index contributed by atoms with van der Waals surface area (Å²) in [6, 6.07) is 12.5. The monoisotopic (exact) mass is 324 g/mol. The van der Waals surface area contributed by atoms with Crippen LogP contribution in [0.25, 0.3) is 0 Å². The van der Waals surface area contributed by atoms with Crippen LogP contribution < -0.4 is 15.4 Å². The minimum atomic E-state index is -0.249. The van der Waals surface area contributed by atoms with Gasteiger partial charge in [0.05, 0.1) is 12.8 Å². The van der Waals surface area contributed by atoms with Crippen LogP contribution in [0.3, 0.4) is 0 Å². The van der Waals surface area contributed by atoms with E-state index >= 15 is 0 Å². The van der Waals surface area contributed by atoms with E-state index in [-0.39, 0.29) is 17.7 Å². The highest BCUT2D eigenvalue weighted by Crippen LogP contribution is 2.30. The summed E-state index contributed by atoms with van der Waals surface area (Å²) in [7, 11) is 1.56. The van der Waals surface area contributed by atoms with E-state index in [9.17, 15) is 9.59 Å². The molecule has 0 saturated heterocycles. The second kappa shape index (κ2) is 6.74. The highest BCUT2D eigenvalue weighted by molar-refractivity contribution is 6.06. The number of amides is 2. The molecule has 0 heterocycles. The van der Waals surface area contributed by atoms with Crippen molar-refractivity contribution < 1.29 is 14.3 Å². The molecule has 0 atom stereocenters. The molecule has 3 rings (SSSR count). The molecule has 1 fully saturated rings. The van der Waals surface area contributed by atoms with Gasteiger partial charge in [-0.25, -0.2) is 0 Å². The zero-order chi connectivity index (χ0) is 17.1. The van der Waals surface area contributed by atoms with E-state index in [1.807, 2.05) is 25.1 Å². The van der Waals surface area contributed by atoms with E-state index in [0.29, 0.717) is 22.7 Å². The standard InChI is InChI=1S/C19H20N2O3/c1-12-6-9-17(24-2)16(10-12)21-19(23)14-4-3-5-15(11-14)20-18(22)13-7-8-13/h3-6,9-11,13H,7-8H2,1-2H3,(H,20,22)(H,21,23). The quantitative estimate of drug-likeness (QED) is 0.883. The Labute approximate surface area is 141 Å². The maximum atomic E-state index is 12.5. The van der Waals surface area contributed by atoms with Crippen molar-refractivity contribution in [3.63, 3.8) is 0 Å². The zero-order valence-corrected chi connectivity index (χ0v) is 13.8. The second-order valence-electron chi connectivity index (χ2n) is 6.00. The number of carbonyl (C=O) groups is 2. The third-order valence-corrected chi connectivity index (χ3v) is 3.94. The van der Waals surface area contributed by atoms with Crippen LogP contribution in [0, 0.1) is 12.8 Å². The lowest BCUT2D eigenvalue weighted by Crippen LogP contribution is -2.15. The number of carbonyl (C=O) groups excluding carboxylic acids is 2. The molecule has 2 amide bonds. The summed E-state index contributed by atoms with van der Waals surface area (Å²) < 4.78 is 5.28. The van der Waals surface area contributed by atoms with Crippen LogP contribution in [0.1, 0.15) is 28.8 Å². The van der Waals surface area contributed by atoms with Crippen molar-refractivity contribution in [2.75, 3.05) is 17.7 Å². The number of nitrogens with one attached hydrogen (secondary N) is 2. The average molecular weight is 324 g/mol. The lowest BCUT2D eigenvalue weighted by atomic mass is 10.1. The van der Waals surface area contributed by atoms with E-state index in [2.05, 4.69) is 10.6 Å². The van der Waals surface area contributed by atoms with Crippen molar-refractivity contribution in [2.24, 2.45) is 5.92 Å². The van der Waals surface area contributed by atoms with Crippen LogP contribution in [0.4, 0.5) is 11.4 Å². The van der Waals surface area contributed by atoms with Crippen molar-refractivity contribution in [2.45, 2.75) is 19.8 Å². The summed E-state index contributed by atoms with van der Waals surface area (Å²) >= 11 is 0. The Bertz CT molecular complexity index is 782.